The van der Waals surface area contributed by atoms with E-state index in [0.29, 0.717) is 0 Å². The maximum absolute atomic E-state index is 2.29. The first kappa shape index (κ1) is 11.8. The van der Waals surface area contributed by atoms with Gasteiger partial charge in [0.05, 0.1) is 0 Å². The van der Waals surface area contributed by atoms with Gasteiger partial charge in [0.25, 0.3) is 0 Å². The van der Waals surface area contributed by atoms with E-state index >= 15 is 0 Å². The van der Waals surface area contributed by atoms with Crippen molar-refractivity contribution in [3.8, 4) is 11.1 Å². The average molecular weight is 228 g/mol. The maximum Gasteiger partial charge on any atom is 0.181 e. The van der Waals surface area contributed by atoms with E-state index in [1.807, 2.05) is 7.05 Å². The van der Waals surface area contributed by atoms with Gasteiger partial charge in [-0.15, -0.1) is 0 Å². The lowest BCUT2D eigenvalue weighted by Crippen LogP contribution is -2.32. The largest absolute Gasteiger partial charge is 0.208 e. The first-order chi connectivity index (χ1) is 8.20. The molecule has 0 aliphatic carbocycles. The highest BCUT2D eigenvalue weighted by Gasteiger charge is 2.08. The lowest BCUT2D eigenvalue weighted by Gasteiger charge is -2.03. The minimum Gasteiger partial charge on any atom is -0.208 e. The van der Waals surface area contributed by atoms with Crippen molar-refractivity contribution in [1.29, 1.82) is 0 Å². The first-order valence-electron chi connectivity index (χ1n) is 6.15. The number of hydrogen-bond acceptors (Lipinski definition) is 0. The number of pyridine rings is 2. The average Bonchev–Trinajstić information content (AvgIpc) is 2.33. The second kappa shape index (κ2) is 5.09. The Bertz CT molecular complexity index is 501. The van der Waals surface area contributed by atoms with Gasteiger partial charge < -0.3 is 0 Å². The molecule has 2 nitrogen and oxygen atoms in total. The molecule has 2 heterocycles. The van der Waals surface area contributed by atoms with Gasteiger partial charge in [-0.3, -0.25) is 0 Å². The van der Waals surface area contributed by atoms with Gasteiger partial charge >= 0.3 is 0 Å². The van der Waals surface area contributed by atoms with E-state index in [2.05, 4.69) is 66.0 Å². The number of aryl methyl sites for hydroxylation is 3. The topological polar surface area (TPSA) is 7.76 Å². The molecule has 0 N–H and O–H groups in total. The zero-order valence-electron chi connectivity index (χ0n) is 10.9. The Labute approximate surface area is 103 Å². The molecule has 0 atom stereocenters. The van der Waals surface area contributed by atoms with Gasteiger partial charge in [0.2, 0.25) is 0 Å². The van der Waals surface area contributed by atoms with Crippen molar-refractivity contribution >= 4 is 0 Å². The van der Waals surface area contributed by atoms with E-state index in [1.54, 1.807) is 0 Å². The summed E-state index contributed by atoms with van der Waals surface area (Å²) in [6.07, 6.45) is 8.63. The maximum atomic E-state index is 2.29. The van der Waals surface area contributed by atoms with Crippen LogP contribution in [-0.4, -0.2) is 0 Å². The number of aromatic nitrogens is 2. The van der Waals surface area contributed by atoms with Crippen LogP contribution in [-0.2, 0) is 20.5 Å². The molecule has 0 spiro atoms. The molecule has 2 rings (SSSR count). The number of nitrogens with zero attached hydrogens (tertiary/aromatic N) is 2. The molecule has 0 fully saturated rings. The van der Waals surface area contributed by atoms with Crippen molar-refractivity contribution in [1.82, 2.24) is 0 Å². The van der Waals surface area contributed by atoms with Crippen LogP contribution in [0.15, 0.2) is 42.9 Å². The van der Waals surface area contributed by atoms with Crippen molar-refractivity contribution in [2.45, 2.75) is 19.8 Å². The van der Waals surface area contributed by atoms with Gasteiger partial charge in [-0.25, -0.2) is 9.13 Å². The summed E-state index contributed by atoms with van der Waals surface area (Å²) in [6, 6.07) is 8.78. The summed E-state index contributed by atoms with van der Waals surface area (Å²) < 4.78 is 4.26. The van der Waals surface area contributed by atoms with Gasteiger partial charge in [-0.1, -0.05) is 6.92 Å². The van der Waals surface area contributed by atoms with Crippen LogP contribution in [0.5, 0.6) is 0 Å². The summed E-state index contributed by atoms with van der Waals surface area (Å²) in [5.74, 6) is 0. The Hall–Kier alpha value is -1.70. The van der Waals surface area contributed by atoms with Crippen LogP contribution in [0.4, 0.5) is 0 Å². The third-order valence-electron chi connectivity index (χ3n) is 3.07. The minimum atomic E-state index is 1.13. The van der Waals surface area contributed by atoms with Crippen LogP contribution in [0.1, 0.15) is 19.0 Å². The molecular weight excluding hydrogens is 208 g/mol. The van der Waals surface area contributed by atoms with Crippen LogP contribution in [0.25, 0.3) is 11.1 Å². The van der Waals surface area contributed by atoms with E-state index in [-0.39, 0.29) is 0 Å². The molecule has 0 unspecified atom stereocenters. The second-order valence-electron chi connectivity index (χ2n) is 4.52. The Morgan fingerprint density at radius 2 is 1.59 bits per heavy atom. The Morgan fingerprint density at radius 3 is 2.24 bits per heavy atom. The molecule has 17 heavy (non-hydrogen) atoms. The van der Waals surface area contributed by atoms with E-state index < -0.39 is 0 Å². The molecule has 0 aliphatic rings. The van der Waals surface area contributed by atoms with Gasteiger partial charge in [-0.05, 0) is 17.5 Å². The molecule has 0 aliphatic heterocycles. The molecule has 0 aromatic carbocycles. The fourth-order valence-corrected chi connectivity index (χ4v) is 1.99. The van der Waals surface area contributed by atoms with Gasteiger partial charge in [-0.2, -0.15) is 0 Å². The normalized spacial score (nSPS) is 10.5. The van der Waals surface area contributed by atoms with E-state index in [1.165, 1.54) is 23.2 Å². The Kier molecular flexibility index (Phi) is 3.52. The number of hydrogen-bond donors (Lipinski definition) is 0. The molecular formula is C15H20N2+2. The predicted molar refractivity (Wildman–Crippen MR) is 68.2 cm³/mol. The lowest BCUT2D eigenvalue weighted by atomic mass is 10.1. The van der Waals surface area contributed by atoms with Gasteiger partial charge in [0.1, 0.15) is 14.1 Å². The molecule has 0 saturated heterocycles. The standard InChI is InChI=1S/C15H20N2/c1-4-5-15-12-14(8-11-17(15)3)13-6-9-16(2)10-7-13/h6-12H,4-5H2,1-3H3/q+2. The highest BCUT2D eigenvalue weighted by molar-refractivity contribution is 5.61. The molecule has 0 bridgehead atoms. The fourth-order valence-electron chi connectivity index (χ4n) is 1.99. The Morgan fingerprint density at radius 1 is 0.941 bits per heavy atom. The summed E-state index contributed by atoms with van der Waals surface area (Å²) in [4.78, 5) is 0. The van der Waals surface area contributed by atoms with Crippen LogP contribution < -0.4 is 9.13 Å². The van der Waals surface area contributed by atoms with Gasteiger partial charge in [0, 0.05) is 30.7 Å². The van der Waals surface area contributed by atoms with Crippen LogP contribution in [0.2, 0.25) is 0 Å². The van der Waals surface area contributed by atoms with Crippen molar-refractivity contribution in [2.24, 2.45) is 14.1 Å². The van der Waals surface area contributed by atoms with Crippen molar-refractivity contribution < 1.29 is 9.13 Å². The monoisotopic (exact) mass is 228 g/mol. The predicted octanol–water partition coefficient (Wildman–Crippen LogP) is 1.96. The minimum absolute atomic E-state index is 1.13. The molecule has 88 valence electrons. The summed E-state index contributed by atoms with van der Waals surface area (Å²) in [7, 11) is 4.15. The number of rotatable bonds is 3. The zero-order chi connectivity index (χ0) is 12.3. The highest BCUT2D eigenvalue weighted by atomic mass is 14.9. The zero-order valence-corrected chi connectivity index (χ0v) is 10.9. The van der Waals surface area contributed by atoms with E-state index in [0.717, 1.165) is 6.42 Å². The Balaban J connectivity index is 2.39. The summed E-state index contributed by atoms with van der Waals surface area (Å²) >= 11 is 0. The van der Waals surface area contributed by atoms with Crippen LogP contribution >= 0.6 is 0 Å². The van der Waals surface area contributed by atoms with Crippen molar-refractivity contribution in [3.05, 3.63) is 48.5 Å². The quantitative estimate of drug-likeness (QED) is 0.709. The van der Waals surface area contributed by atoms with Crippen molar-refractivity contribution in [3.63, 3.8) is 0 Å². The van der Waals surface area contributed by atoms with E-state index in [9.17, 15) is 0 Å². The third-order valence-corrected chi connectivity index (χ3v) is 3.07. The smallest absolute Gasteiger partial charge is 0.181 e. The highest BCUT2D eigenvalue weighted by Crippen LogP contribution is 2.17. The summed E-state index contributed by atoms with van der Waals surface area (Å²) in [5, 5.41) is 0. The summed E-state index contributed by atoms with van der Waals surface area (Å²) in [6.45, 7) is 2.22. The fraction of sp³-hybridized carbons (Fsp3) is 0.333. The lowest BCUT2D eigenvalue weighted by molar-refractivity contribution is -0.679. The van der Waals surface area contributed by atoms with Crippen LogP contribution in [0.3, 0.4) is 0 Å². The van der Waals surface area contributed by atoms with Gasteiger partial charge in [0.15, 0.2) is 24.3 Å². The van der Waals surface area contributed by atoms with Crippen molar-refractivity contribution in [2.75, 3.05) is 0 Å². The molecule has 0 amide bonds. The second-order valence-corrected chi connectivity index (χ2v) is 4.52. The van der Waals surface area contributed by atoms with Crippen LogP contribution in [0, 0.1) is 0 Å². The molecule has 2 aromatic rings. The third kappa shape index (κ3) is 2.70. The molecule has 0 radical (unpaired) electrons. The summed E-state index contributed by atoms with van der Waals surface area (Å²) in [5.41, 5.74) is 3.96. The first-order valence-corrected chi connectivity index (χ1v) is 6.15. The molecule has 0 saturated carbocycles. The molecule has 2 aromatic heterocycles. The van der Waals surface area contributed by atoms with E-state index in [4.69, 9.17) is 0 Å². The molecule has 2 heteroatoms. The SMILES string of the molecule is CCCc1cc(-c2cc[n+](C)cc2)cc[n+]1C.